The maximum absolute atomic E-state index is 13.3. The van der Waals surface area contributed by atoms with Crippen molar-refractivity contribution in [1.82, 2.24) is 4.90 Å². The summed E-state index contributed by atoms with van der Waals surface area (Å²) in [4.78, 5) is 33.3. The number of rotatable bonds is 3. The van der Waals surface area contributed by atoms with Crippen LogP contribution in [0.1, 0.15) is 27.6 Å². The molecule has 6 nitrogen and oxygen atoms in total. The molecule has 1 fully saturated rings. The highest BCUT2D eigenvalue weighted by atomic mass is 32.2. The van der Waals surface area contributed by atoms with Crippen LogP contribution in [-0.2, 0) is 10.8 Å². The van der Waals surface area contributed by atoms with Crippen LogP contribution in [0.3, 0.4) is 0 Å². The Balaban J connectivity index is 1.42. The van der Waals surface area contributed by atoms with E-state index in [0.29, 0.717) is 46.2 Å². The lowest BCUT2D eigenvalue weighted by Gasteiger charge is -2.36. The van der Waals surface area contributed by atoms with E-state index in [1.165, 1.54) is 0 Å². The van der Waals surface area contributed by atoms with Crippen molar-refractivity contribution in [3.05, 3.63) is 83.9 Å². The number of amides is 2. The molecular formula is C26H25N3O3S. The van der Waals surface area contributed by atoms with Crippen molar-refractivity contribution in [2.45, 2.75) is 16.7 Å². The third-order valence-corrected chi connectivity index (χ3v) is 7.76. The predicted molar refractivity (Wildman–Crippen MR) is 129 cm³/mol. The molecule has 2 aliphatic rings. The van der Waals surface area contributed by atoms with E-state index in [-0.39, 0.29) is 11.8 Å². The first-order chi connectivity index (χ1) is 16.1. The van der Waals surface area contributed by atoms with Crippen LogP contribution in [0.2, 0.25) is 0 Å². The summed E-state index contributed by atoms with van der Waals surface area (Å²) in [5.41, 5.74) is 2.66. The SMILES string of the molecule is CCN1C(=O)c2ccccc2[S@](=O)c2ccc(C(=O)N3CCN(c4ccccc4)CC3)cc21. The molecule has 1 saturated heterocycles. The number of benzene rings is 3. The molecule has 0 saturated carbocycles. The summed E-state index contributed by atoms with van der Waals surface area (Å²) in [6.45, 7) is 5.08. The molecule has 0 aliphatic carbocycles. The number of anilines is 2. The summed E-state index contributed by atoms with van der Waals surface area (Å²) in [7, 11) is -1.50. The summed E-state index contributed by atoms with van der Waals surface area (Å²) >= 11 is 0. The molecule has 0 aromatic heterocycles. The Bertz CT molecular complexity index is 1240. The Morgan fingerprint density at radius 3 is 2.30 bits per heavy atom. The maximum atomic E-state index is 13.3. The molecule has 1 atom stereocenters. The largest absolute Gasteiger partial charge is 0.368 e. The zero-order valence-corrected chi connectivity index (χ0v) is 19.3. The molecule has 0 radical (unpaired) electrons. The van der Waals surface area contributed by atoms with Gasteiger partial charge in [-0.3, -0.25) is 9.59 Å². The van der Waals surface area contributed by atoms with E-state index in [1.54, 1.807) is 47.4 Å². The third kappa shape index (κ3) is 3.82. The van der Waals surface area contributed by atoms with Gasteiger partial charge in [-0.2, -0.15) is 0 Å². The van der Waals surface area contributed by atoms with Crippen molar-refractivity contribution < 1.29 is 13.8 Å². The first kappa shape index (κ1) is 21.4. The van der Waals surface area contributed by atoms with Crippen molar-refractivity contribution in [3.63, 3.8) is 0 Å². The lowest BCUT2D eigenvalue weighted by atomic mass is 10.1. The Hall–Kier alpha value is -3.45. The first-order valence-electron chi connectivity index (χ1n) is 11.1. The van der Waals surface area contributed by atoms with Crippen LogP contribution >= 0.6 is 0 Å². The van der Waals surface area contributed by atoms with Crippen LogP contribution in [0.15, 0.2) is 82.6 Å². The van der Waals surface area contributed by atoms with Gasteiger partial charge in [-0.25, -0.2) is 4.21 Å². The van der Waals surface area contributed by atoms with Gasteiger partial charge in [0.05, 0.1) is 31.8 Å². The molecule has 168 valence electrons. The topological polar surface area (TPSA) is 60.9 Å². The van der Waals surface area contributed by atoms with Gasteiger partial charge in [-0.15, -0.1) is 0 Å². The zero-order valence-electron chi connectivity index (χ0n) is 18.4. The molecule has 0 unspecified atom stereocenters. The van der Waals surface area contributed by atoms with Crippen molar-refractivity contribution in [2.75, 3.05) is 42.5 Å². The summed E-state index contributed by atoms with van der Waals surface area (Å²) in [5, 5.41) is 0. The summed E-state index contributed by atoms with van der Waals surface area (Å²) in [6.07, 6.45) is 0. The van der Waals surface area contributed by atoms with Crippen molar-refractivity contribution in [3.8, 4) is 0 Å². The Labute approximate surface area is 195 Å². The van der Waals surface area contributed by atoms with E-state index in [4.69, 9.17) is 0 Å². The molecule has 0 N–H and O–H groups in total. The minimum atomic E-state index is -1.50. The Kier molecular flexibility index (Phi) is 5.72. The van der Waals surface area contributed by atoms with Crippen LogP contribution < -0.4 is 9.80 Å². The molecule has 0 spiro atoms. The second-order valence-corrected chi connectivity index (χ2v) is 9.53. The number of carbonyl (C=O) groups is 2. The van der Waals surface area contributed by atoms with Gasteiger partial charge < -0.3 is 14.7 Å². The minimum absolute atomic E-state index is 0.0680. The van der Waals surface area contributed by atoms with Crippen LogP contribution in [0.5, 0.6) is 0 Å². The lowest BCUT2D eigenvalue weighted by Crippen LogP contribution is -2.48. The molecule has 2 aliphatic heterocycles. The monoisotopic (exact) mass is 459 g/mol. The zero-order chi connectivity index (χ0) is 22.9. The second kappa shape index (κ2) is 8.83. The molecule has 7 heteroatoms. The molecule has 2 amide bonds. The normalized spacial score (nSPS) is 17.9. The predicted octanol–water partition coefficient (Wildman–Crippen LogP) is 3.80. The first-order valence-corrected chi connectivity index (χ1v) is 12.3. The number of hydrogen-bond donors (Lipinski definition) is 0. The number of carbonyl (C=O) groups excluding carboxylic acids is 2. The van der Waals surface area contributed by atoms with Gasteiger partial charge in [0.1, 0.15) is 0 Å². The van der Waals surface area contributed by atoms with E-state index < -0.39 is 10.8 Å². The summed E-state index contributed by atoms with van der Waals surface area (Å²) in [6, 6.07) is 22.4. The van der Waals surface area contributed by atoms with Crippen molar-refractivity contribution in [2.24, 2.45) is 0 Å². The van der Waals surface area contributed by atoms with Crippen LogP contribution in [0, 0.1) is 0 Å². The number of nitrogens with zero attached hydrogens (tertiary/aromatic N) is 3. The molecule has 5 rings (SSSR count). The number of para-hydroxylation sites is 1. The quantitative estimate of drug-likeness (QED) is 0.598. The molecule has 33 heavy (non-hydrogen) atoms. The molecule has 0 bridgehead atoms. The second-order valence-electron chi connectivity index (χ2n) is 8.11. The Morgan fingerprint density at radius 1 is 0.879 bits per heavy atom. The fraction of sp³-hybridized carbons (Fsp3) is 0.231. The summed E-state index contributed by atoms with van der Waals surface area (Å²) < 4.78 is 13.3. The average molecular weight is 460 g/mol. The third-order valence-electron chi connectivity index (χ3n) is 6.26. The van der Waals surface area contributed by atoms with Gasteiger partial charge in [0.25, 0.3) is 11.8 Å². The Morgan fingerprint density at radius 2 is 1.58 bits per heavy atom. The minimum Gasteiger partial charge on any atom is -0.368 e. The summed E-state index contributed by atoms with van der Waals surface area (Å²) in [5.74, 6) is -0.261. The number of piperazine rings is 1. The highest BCUT2D eigenvalue weighted by molar-refractivity contribution is 7.85. The van der Waals surface area contributed by atoms with Gasteiger partial charge in [0.2, 0.25) is 0 Å². The van der Waals surface area contributed by atoms with Crippen LogP contribution in [0.4, 0.5) is 11.4 Å². The van der Waals surface area contributed by atoms with Gasteiger partial charge in [-0.1, -0.05) is 30.3 Å². The smallest absolute Gasteiger partial charge is 0.259 e. The maximum Gasteiger partial charge on any atom is 0.259 e. The molecule has 2 heterocycles. The number of fused-ring (bicyclic) bond motifs is 2. The van der Waals surface area contributed by atoms with E-state index in [9.17, 15) is 13.8 Å². The van der Waals surface area contributed by atoms with E-state index in [2.05, 4.69) is 17.0 Å². The van der Waals surface area contributed by atoms with Crippen molar-refractivity contribution >= 4 is 34.0 Å². The van der Waals surface area contributed by atoms with E-state index in [0.717, 1.165) is 18.8 Å². The lowest BCUT2D eigenvalue weighted by molar-refractivity contribution is 0.0746. The highest BCUT2D eigenvalue weighted by Gasteiger charge is 2.31. The van der Waals surface area contributed by atoms with Crippen molar-refractivity contribution in [1.29, 1.82) is 0 Å². The standard InChI is InChI=1S/C26H25N3O3S/c1-2-29-22-18-19(12-13-24(22)33(32)23-11-7-6-10-21(23)26(29)31)25(30)28-16-14-27(15-17-28)20-8-4-3-5-9-20/h3-13,18H,2,14-17H2,1H3/t33-/m0/s1. The van der Waals surface area contributed by atoms with Gasteiger partial charge in [0, 0.05) is 44.0 Å². The highest BCUT2D eigenvalue weighted by Crippen LogP contribution is 2.35. The van der Waals surface area contributed by atoms with E-state index >= 15 is 0 Å². The van der Waals surface area contributed by atoms with Gasteiger partial charge in [-0.05, 0) is 49.4 Å². The molecule has 3 aromatic carbocycles. The van der Waals surface area contributed by atoms with Gasteiger partial charge >= 0.3 is 0 Å². The average Bonchev–Trinajstić information content (AvgIpc) is 2.97. The fourth-order valence-corrected chi connectivity index (χ4v) is 5.84. The fourth-order valence-electron chi connectivity index (χ4n) is 4.50. The van der Waals surface area contributed by atoms with Crippen LogP contribution in [0.25, 0.3) is 0 Å². The van der Waals surface area contributed by atoms with Gasteiger partial charge in [0.15, 0.2) is 0 Å². The van der Waals surface area contributed by atoms with E-state index in [1.807, 2.05) is 30.0 Å². The van der Waals surface area contributed by atoms with Crippen LogP contribution in [-0.4, -0.2) is 53.6 Å². The molecular weight excluding hydrogens is 434 g/mol. The number of hydrogen-bond acceptors (Lipinski definition) is 4. The molecule has 3 aromatic rings.